The van der Waals surface area contributed by atoms with Gasteiger partial charge in [-0.2, -0.15) is 0 Å². The lowest BCUT2D eigenvalue weighted by Crippen LogP contribution is -2.09. The Kier molecular flexibility index (Phi) is 7.20. The molecule has 0 atom stereocenters. The van der Waals surface area contributed by atoms with E-state index in [-0.39, 0.29) is 0 Å². The van der Waals surface area contributed by atoms with Crippen molar-refractivity contribution in [3.05, 3.63) is 206 Å². The number of hydrogen-bond acceptors (Lipinski definition) is 3. The molecular formula is C54H34N2O2. The number of nitrogens with zero attached hydrogens (tertiary/aromatic N) is 2. The highest BCUT2D eigenvalue weighted by Crippen LogP contribution is 2.41. The van der Waals surface area contributed by atoms with Crippen LogP contribution in [0.1, 0.15) is 0 Å². The van der Waals surface area contributed by atoms with Gasteiger partial charge >= 0.3 is 0 Å². The largest absolute Gasteiger partial charge is 0.456 e. The summed E-state index contributed by atoms with van der Waals surface area (Å²) in [5.74, 6) is 0. The van der Waals surface area contributed by atoms with E-state index >= 15 is 0 Å². The predicted octanol–water partition coefficient (Wildman–Crippen LogP) is 15.4. The summed E-state index contributed by atoms with van der Waals surface area (Å²) in [5, 5.41) is 6.96. The zero-order chi connectivity index (χ0) is 38.2. The Labute approximate surface area is 334 Å². The molecule has 9 aromatic carbocycles. The minimum absolute atomic E-state index is 0.874. The molecule has 0 saturated carbocycles. The third kappa shape index (κ3) is 5.16. The van der Waals surface area contributed by atoms with Crippen molar-refractivity contribution in [2.45, 2.75) is 0 Å². The Balaban J connectivity index is 0.921. The molecule has 4 heteroatoms. The number of para-hydroxylation sites is 4. The van der Waals surface area contributed by atoms with Gasteiger partial charge in [0.2, 0.25) is 0 Å². The maximum atomic E-state index is 6.33. The van der Waals surface area contributed by atoms with Crippen LogP contribution in [0, 0.1) is 0 Å². The molecule has 0 radical (unpaired) electrons. The highest BCUT2D eigenvalue weighted by molar-refractivity contribution is 6.11. The number of furan rings is 2. The SMILES string of the molecule is c1ccc(N(c2ccc(-c3cccc(-c4ccc5c6ccccc6n(-c6ccc7c(c6)oc6ccccc67)c5c4)c3)cc2)c2ccc3c(c2)oc2ccccc23)cc1. The van der Waals surface area contributed by atoms with E-state index in [0.717, 1.165) is 94.4 Å². The van der Waals surface area contributed by atoms with Crippen LogP contribution < -0.4 is 4.90 Å². The first kappa shape index (κ1) is 32.4. The van der Waals surface area contributed by atoms with E-state index in [2.05, 4.69) is 191 Å². The average molecular weight is 743 g/mol. The molecule has 12 rings (SSSR count). The van der Waals surface area contributed by atoms with Gasteiger partial charge in [0, 0.05) is 67.2 Å². The summed E-state index contributed by atoms with van der Waals surface area (Å²) in [7, 11) is 0. The van der Waals surface area contributed by atoms with E-state index in [9.17, 15) is 0 Å². The summed E-state index contributed by atoms with van der Waals surface area (Å²) in [4.78, 5) is 2.28. The van der Waals surface area contributed by atoms with Crippen molar-refractivity contribution < 1.29 is 8.83 Å². The highest BCUT2D eigenvalue weighted by Gasteiger charge is 2.18. The first-order chi connectivity index (χ1) is 28.7. The minimum Gasteiger partial charge on any atom is -0.456 e. The lowest BCUT2D eigenvalue weighted by atomic mass is 9.98. The molecule has 0 aliphatic rings. The lowest BCUT2D eigenvalue weighted by Gasteiger charge is -2.25. The molecule has 272 valence electrons. The van der Waals surface area contributed by atoms with Crippen LogP contribution in [0.25, 0.3) is 93.6 Å². The Morgan fingerprint density at radius 1 is 0.293 bits per heavy atom. The van der Waals surface area contributed by atoms with Crippen LogP contribution in [0.4, 0.5) is 17.1 Å². The predicted molar refractivity (Wildman–Crippen MR) is 241 cm³/mol. The van der Waals surface area contributed by atoms with E-state index in [1.807, 2.05) is 24.3 Å². The number of fused-ring (bicyclic) bond motifs is 9. The monoisotopic (exact) mass is 742 g/mol. The van der Waals surface area contributed by atoms with E-state index in [1.165, 1.54) is 16.3 Å². The van der Waals surface area contributed by atoms with Gasteiger partial charge in [0.1, 0.15) is 22.3 Å². The number of anilines is 3. The molecule has 12 aromatic rings. The van der Waals surface area contributed by atoms with Crippen LogP contribution in [0.3, 0.4) is 0 Å². The molecule has 0 spiro atoms. The van der Waals surface area contributed by atoms with E-state index in [1.54, 1.807) is 0 Å². The van der Waals surface area contributed by atoms with Crippen molar-refractivity contribution in [3.63, 3.8) is 0 Å². The quantitative estimate of drug-likeness (QED) is 0.170. The van der Waals surface area contributed by atoms with Gasteiger partial charge in [-0.25, -0.2) is 0 Å². The third-order valence-electron chi connectivity index (χ3n) is 11.6. The molecule has 0 aliphatic heterocycles. The average Bonchev–Trinajstić information content (AvgIpc) is 3.96. The van der Waals surface area contributed by atoms with Gasteiger partial charge in [0.05, 0.1) is 11.0 Å². The van der Waals surface area contributed by atoms with E-state index in [4.69, 9.17) is 8.83 Å². The fourth-order valence-corrected chi connectivity index (χ4v) is 8.84. The van der Waals surface area contributed by atoms with Gasteiger partial charge in [0.25, 0.3) is 0 Å². The van der Waals surface area contributed by atoms with Crippen molar-refractivity contribution in [1.82, 2.24) is 4.57 Å². The molecule has 3 heterocycles. The van der Waals surface area contributed by atoms with Crippen LogP contribution in [-0.4, -0.2) is 4.57 Å². The molecule has 0 N–H and O–H groups in total. The van der Waals surface area contributed by atoms with E-state index in [0.29, 0.717) is 0 Å². The number of hydrogen-bond donors (Lipinski definition) is 0. The molecule has 0 unspecified atom stereocenters. The fraction of sp³-hybridized carbons (Fsp3) is 0. The maximum absolute atomic E-state index is 6.33. The van der Waals surface area contributed by atoms with Crippen molar-refractivity contribution in [2.75, 3.05) is 4.90 Å². The smallest absolute Gasteiger partial charge is 0.137 e. The van der Waals surface area contributed by atoms with Crippen molar-refractivity contribution in [1.29, 1.82) is 0 Å². The van der Waals surface area contributed by atoms with Crippen molar-refractivity contribution in [2.24, 2.45) is 0 Å². The normalized spacial score (nSPS) is 11.8. The van der Waals surface area contributed by atoms with Crippen LogP contribution in [0.15, 0.2) is 215 Å². The summed E-state index contributed by atoms with van der Waals surface area (Å²) >= 11 is 0. The number of rotatable bonds is 6. The summed E-state index contributed by atoms with van der Waals surface area (Å²) < 4.78 is 15.0. The Hall–Kier alpha value is -7.82. The summed E-state index contributed by atoms with van der Waals surface area (Å²) in [6, 6.07) is 73.3. The molecule has 0 saturated heterocycles. The van der Waals surface area contributed by atoms with Gasteiger partial charge in [-0.05, 0) is 101 Å². The van der Waals surface area contributed by atoms with Crippen LogP contribution in [-0.2, 0) is 0 Å². The van der Waals surface area contributed by atoms with Gasteiger partial charge in [-0.1, -0.05) is 115 Å². The molecule has 58 heavy (non-hydrogen) atoms. The van der Waals surface area contributed by atoms with Gasteiger partial charge in [-0.3, -0.25) is 0 Å². The second-order valence-corrected chi connectivity index (χ2v) is 14.9. The van der Waals surface area contributed by atoms with Gasteiger partial charge < -0.3 is 18.3 Å². The van der Waals surface area contributed by atoms with E-state index < -0.39 is 0 Å². The topological polar surface area (TPSA) is 34.5 Å². The first-order valence-corrected chi connectivity index (χ1v) is 19.7. The molecule has 4 nitrogen and oxygen atoms in total. The summed E-state index contributed by atoms with van der Waals surface area (Å²) in [5.41, 5.74) is 14.8. The first-order valence-electron chi connectivity index (χ1n) is 19.7. The molecule has 3 aromatic heterocycles. The Morgan fingerprint density at radius 3 is 1.57 bits per heavy atom. The van der Waals surface area contributed by atoms with Crippen molar-refractivity contribution >= 4 is 82.7 Å². The van der Waals surface area contributed by atoms with Crippen LogP contribution in [0.2, 0.25) is 0 Å². The highest BCUT2D eigenvalue weighted by atomic mass is 16.3. The number of aromatic nitrogens is 1. The standard InChI is InChI=1S/C54H34N2O2/c1-2-13-39(14-3-1)55(41-26-29-47-45-16-5-8-19-51(45)57-53(47)33-41)40-24-21-35(22-25-40)36-11-10-12-37(31-36)38-23-28-44-43-15-4-7-18-49(43)56(50(44)32-38)42-27-30-48-46-17-6-9-20-52(46)58-54(48)34-42/h1-34H. The number of benzene rings is 9. The zero-order valence-corrected chi connectivity index (χ0v) is 31.3. The minimum atomic E-state index is 0.874. The summed E-state index contributed by atoms with van der Waals surface area (Å²) in [6.45, 7) is 0. The zero-order valence-electron chi connectivity index (χ0n) is 31.3. The fourth-order valence-electron chi connectivity index (χ4n) is 8.84. The van der Waals surface area contributed by atoms with Gasteiger partial charge in [-0.15, -0.1) is 0 Å². The third-order valence-corrected chi connectivity index (χ3v) is 11.6. The molecule has 0 aliphatic carbocycles. The maximum Gasteiger partial charge on any atom is 0.137 e. The lowest BCUT2D eigenvalue weighted by molar-refractivity contribution is 0.668. The molecule has 0 fully saturated rings. The van der Waals surface area contributed by atoms with Crippen LogP contribution in [0.5, 0.6) is 0 Å². The Morgan fingerprint density at radius 2 is 0.810 bits per heavy atom. The molecule has 0 bridgehead atoms. The molecule has 0 amide bonds. The molecular weight excluding hydrogens is 709 g/mol. The van der Waals surface area contributed by atoms with Gasteiger partial charge in [0.15, 0.2) is 0 Å². The Bertz CT molecular complexity index is 3520. The van der Waals surface area contributed by atoms with Crippen molar-refractivity contribution in [3.8, 4) is 27.9 Å². The summed E-state index contributed by atoms with van der Waals surface area (Å²) in [6.07, 6.45) is 0. The second kappa shape index (κ2) is 12.9. The van der Waals surface area contributed by atoms with Crippen LogP contribution >= 0.6 is 0 Å². The second-order valence-electron chi connectivity index (χ2n) is 14.9.